The van der Waals surface area contributed by atoms with Crippen LogP contribution in [0.3, 0.4) is 0 Å². The van der Waals surface area contributed by atoms with E-state index >= 15 is 0 Å². The molecule has 0 unspecified atom stereocenters. The minimum Gasteiger partial charge on any atom is -0.493 e. The van der Waals surface area contributed by atoms with Crippen molar-refractivity contribution in [2.75, 3.05) is 12.4 Å². The molecule has 26 heavy (non-hydrogen) atoms. The molecule has 3 rings (SSSR count). The van der Waals surface area contributed by atoms with Crippen LogP contribution in [0.5, 0.6) is 11.5 Å². The smallest absolute Gasteiger partial charge is 0.191 e. The Morgan fingerprint density at radius 3 is 2.77 bits per heavy atom. The Hall–Kier alpha value is -1.70. The highest BCUT2D eigenvalue weighted by Crippen LogP contribution is 2.24. The van der Waals surface area contributed by atoms with Gasteiger partial charge in [-0.15, -0.1) is 10.2 Å². The largest absolute Gasteiger partial charge is 0.493 e. The molecule has 0 aliphatic carbocycles. The van der Waals surface area contributed by atoms with Gasteiger partial charge in [0.1, 0.15) is 18.1 Å². The van der Waals surface area contributed by atoms with E-state index in [0.29, 0.717) is 24.0 Å². The second-order valence-corrected chi connectivity index (χ2v) is 7.72. The standard InChI is InChI=1S/C18H17BrClN3O2S/c1-23-17(12-25-16-8-3-2-7-15(16)20)21-22-18(23)26-10-9-24-14-6-4-5-13(19)11-14/h2-8,11H,9-10,12H2,1H3. The van der Waals surface area contributed by atoms with Crippen molar-refractivity contribution in [2.45, 2.75) is 11.8 Å². The molecule has 0 atom stereocenters. The van der Waals surface area contributed by atoms with Crippen LogP contribution < -0.4 is 9.47 Å². The van der Waals surface area contributed by atoms with E-state index in [1.165, 1.54) is 0 Å². The summed E-state index contributed by atoms with van der Waals surface area (Å²) in [6.45, 7) is 0.891. The Morgan fingerprint density at radius 2 is 1.96 bits per heavy atom. The van der Waals surface area contributed by atoms with E-state index < -0.39 is 0 Å². The lowest BCUT2D eigenvalue weighted by Gasteiger charge is -2.08. The minimum absolute atomic E-state index is 0.308. The number of thioether (sulfide) groups is 1. The number of rotatable bonds is 8. The number of nitrogens with zero attached hydrogens (tertiary/aromatic N) is 3. The molecule has 1 aromatic heterocycles. The van der Waals surface area contributed by atoms with Gasteiger partial charge in [0, 0.05) is 17.3 Å². The quantitative estimate of drug-likeness (QED) is 0.355. The second-order valence-electron chi connectivity index (χ2n) is 5.33. The lowest BCUT2D eigenvalue weighted by atomic mass is 10.3. The topological polar surface area (TPSA) is 49.2 Å². The van der Waals surface area contributed by atoms with Crippen molar-refractivity contribution in [1.82, 2.24) is 14.8 Å². The van der Waals surface area contributed by atoms with E-state index in [-0.39, 0.29) is 0 Å². The van der Waals surface area contributed by atoms with Crippen LogP contribution in [0.2, 0.25) is 5.02 Å². The van der Waals surface area contributed by atoms with Crippen molar-refractivity contribution >= 4 is 39.3 Å². The first kappa shape index (κ1) is 19.1. The van der Waals surface area contributed by atoms with Crippen LogP contribution >= 0.6 is 39.3 Å². The van der Waals surface area contributed by atoms with Gasteiger partial charge in [0.25, 0.3) is 0 Å². The highest BCUT2D eigenvalue weighted by molar-refractivity contribution is 9.10. The average molecular weight is 455 g/mol. The number of ether oxygens (including phenoxy) is 2. The van der Waals surface area contributed by atoms with Crippen molar-refractivity contribution in [3.8, 4) is 11.5 Å². The van der Waals surface area contributed by atoms with Crippen molar-refractivity contribution < 1.29 is 9.47 Å². The van der Waals surface area contributed by atoms with Gasteiger partial charge >= 0.3 is 0 Å². The van der Waals surface area contributed by atoms with Gasteiger partial charge < -0.3 is 14.0 Å². The van der Waals surface area contributed by atoms with E-state index in [9.17, 15) is 0 Å². The number of benzene rings is 2. The fourth-order valence-corrected chi connectivity index (χ4v) is 3.47. The first-order chi connectivity index (χ1) is 12.6. The molecule has 5 nitrogen and oxygen atoms in total. The van der Waals surface area contributed by atoms with E-state index in [1.54, 1.807) is 17.8 Å². The Kier molecular flexibility index (Phi) is 6.82. The summed E-state index contributed by atoms with van der Waals surface area (Å²) < 4.78 is 14.4. The van der Waals surface area contributed by atoms with Crippen LogP contribution in [0.4, 0.5) is 0 Å². The van der Waals surface area contributed by atoms with Crippen LogP contribution in [-0.4, -0.2) is 27.1 Å². The predicted molar refractivity (Wildman–Crippen MR) is 107 cm³/mol. The summed E-state index contributed by atoms with van der Waals surface area (Å²) in [5.41, 5.74) is 0. The molecule has 2 aromatic carbocycles. The van der Waals surface area contributed by atoms with E-state index in [1.807, 2.05) is 54.1 Å². The lowest BCUT2D eigenvalue weighted by molar-refractivity contribution is 0.290. The third-order valence-electron chi connectivity index (χ3n) is 3.50. The minimum atomic E-state index is 0.308. The normalized spacial score (nSPS) is 10.7. The number of para-hydroxylation sites is 1. The van der Waals surface area contributed by atoms with Crippen LogP contribution in [0.1, 0.15) is 5.82 Å². The molecular weight excluding hydrogens is 438 g/mol. The first-order valence-electron chi connectivity index (χ1n) is 7.90. The van der Waals surface area contributed by atoms with Gasteiger partial charge in [-0.05, 0) is 30.3 Å². The molecule has 0 N–H and O–H groups in total. The molecule has 136 valence electrons. The maximum Gasteiger partial charge on any atom is 0.191 e. The number of aromatic nitrogens is 3. The van der Waals surface area contributed by atoms with Gasteiger partial charge in [-0.25, -0.2) is 0 Å². The lowest BCUT2D eigenvalue weighted by Crippen LogP contribution is -2.05. The zero-order chi connectivity index (χ0) is 18.4. The van der Waals surface area contributed by atoms with E-state index in [2.05, 4.69) is 26.1 Å². The third kappa shape index (κ3) is 5.16. The van der Waals surface area contributed by atoms with Crippen molar-refractivity contribution in [1.29, 1.82) is 0 Å². The highest BCUT2D eigenvalue weighted by atomic mass is 79.9. The van der Waals surface area contributed by atoms with Crippen molar-refractivity contribution in [3.63, 3.8) is 0 Å². The van der Waals surface area contributed by atoms with Crippen LogP contribution in [0, 0.1) is 0 Å². The Morgan fingerprint density at radius 1 is 1.12 bits per heavy atom. The molecule has 0 spiro atoms. The summed E-state index contributed by atoms with van der Waals surface area (Å²) in [4.78, 5) is 0. The van der Waals surface area contributed by atoms with Crippen LogP contribution in [0.15, 0.2) is 58.2 Å². The number of hydrogen-bond donors (Lipinski definition) is 0. The average Bonchev–Trinajstić information content (AvgIpc) is 2.98. The van der Waals surface area contributed by atoms with Crippen molar-refractivity contribution in [3.05, 3.63) is 63.9 Å². The maximum atomic E-state index is 6.09. The van der Waals surface area contributed by atoms with Crippen LogP contribution in [-0.2, 0) is 13.7 Å². The predicted octanol–water partition coefficient (Wildman–Crippen LogP) is 4.98. The molecule has 0 aliphatic rings. The zero-order valence-corrected chi connectivity index (χ0v) is 17.2. The summed E-state index contributed by atoms with van der Waals surface area (Å²) in [5, 5.41) is 9.79. The molecule has 3 aromatic rings. The summed E-state index contributed by atoms with van der Waals surface area (Å²) in [5.74, 6) is 2.98. The van der Waals surface area contributed by atoms with E-state index in [4.69, 9.17) is 21.1 Å². The fourth-order valence-electron chi connectivity index (χ4n) is 2.15. The van der Waals surface area contributed by atoms with Gasteiger partial charge in [0.15, 0.2) is 11.0 Å². The summed E-state index contributed by atoms with van der Waals surface area (Å²) in [7, 11) is 1.92. The molecule has 0 saturated carbocycles. The molecule has 0 saturated heterocycles. The SMILES string of the molecule is Cn1c(COc2ccccc2Cl)nnc1SCCOc1cccc(Br)c1. The highest BCUT2D eigenvalue weighted by Gasteiger charge is 2.10. The molecule has 1 heterocycles. The molecule has 0 radical (unpaired) electrons. The summed E-state index contributed by atoms with van der Waals surface area (Å²) >= 11 is 11.1. The van der Waals surface area contributed by atoms with Gasteiger partial charge in [0.2, 0.25) is 0 Å². The van der Waals surface area contributed by atoms with Gasteiger partial charge in [-0.1, -0.05) is 57.5 Å². The summed E-state index contributed by atoms with van der Waals surface area (Å²) in [6.07, 6.45) is 0. The van der Waals surface area contributed by atoms with Gasteiger partial charge in [0.05, 0.1) is 11.6 Å². The van der Waals surface area contributed by atoms with Crippen LogP contribution in [0.25, 0.3) is 0 Å². The van der Waals surface area contributed by atoms with E-state index in [0.717, 1.165) is 27.0 Å². The third-order valence-corrected chi connectivity index (χ3v) is 5.29. The molecule has 0 bridgehead atoms. The number of hydrogen-bond acceptors (Lipinski definition) is 5. The first-order valence-corrected chi connectivity index (χ1v) is 10.1. The maximum absolute atomic E-state index is 6.09. The Balaban J connectivity index is 1.48. The fraction of sp³-hybridized carbons (Fsp3) is 0.222. The molecule has 0 fully saturated rings. The van der Waals surface area contributed by atoms with Gasteiger partial charge in [-0.3, -0.25) is 0 Å². The Bertz CT molecular complexity index is 875. The van der Waals surface area contributed by atoms with Gasteiger partial charge in [-0.2, -0.15) is 0 Å². The Labute approximate surface area is 169 Å². The molecule has 0 aliphatic heterocycles. The molecule has 0 amide bonds. The monoisotopic (exact) mass is 453 g/mol. The molecular formula is C18H17BrClN3O2S. The number of halogens is 2. The van der Waals surface area contributed by atoms with Crippen molar-refractivity contribution in [2.24, 2.45) is 7.05 Å². The summed E-state index contributed by atoms with van der Waals surface area (Å²) in [6, 6.07) is 15.1. The molecule has 8 heteroatoms. The second kappa shape index (κ2) is 9.30. The zero-order valence-electron chi connectivity index (χ0n) is 14.1.